The Balaban J connectivity index is -0.000000191. The van der Waals surface area contributed by atoms with Crippen molar-refractivity contribution in [1.29, 1.82) is 0 Å². The molecule has 1 saturated heterocycles. The number of para-hydroxylation sites is 1. The van der Waals surface area contributed by atoms with Gasteiger partial charge in [-0.1, -0.05) is 38.0 Å². The van der Waals surface area contributed by atoms with Gasteiger partial charge in [-0.2, -0.15) is 0 Å². The number of rotatable bonds is 10. The van der Waals surface area contributed by atoms with Crippen LogP contribution in [-0.2, 0) is 19.2 Å². The predicted molar refractivity (Wildman–Crippen MR) is 129 cm³/mol. The summed E-state index contributed by atoms with van der Waals surface area (Å²) in [6.45, 7) is 8.42. The summed E-state index contributed by atoms with van der Waals surface area (Å²) in [5.74, 6) is -5.81. The number of nitrogens with zero attached hydrogens (tertiary/aromatic N) is 1. The van der Waals surface area contributed by atoms with Gasteiger partial charge < -0.3 is 45.6 Å². The first-order chi connectivity index (χ1) is 15.9. The van der Waals surface area contributed by atoms with Crippen molar-refractivity contribution in [3.8, 4) is 0 Å². The second-order valence-corrected chi connectivity index (χ2v) is 8.57. The first-order valence-corrected chi connectivity index (χ1v) is 11.4. The Labute approximate surface area is 302 Å². The van der Waals surface area contributed by atoms with E-state index in [4.69, 9.17) is 5.11 Å². The van der Waals surface area contributed by atoms with E-state index in [9.17, 15) is 34.5 Å². The van der Waals surface area contributed by atoms with Crippen LogP contribution in [0.1, 0.15) is 63.0 Å². The molecule has 0 radical (unpaired) electrons. The number of aliphatic carboxylic acids is 3. The van der Waals surface area contributed by atoms with Crippen LogP contribution in [0.15, 0.2) is 18.2 Å². The monoisotopic (exact) mass is 600 g/mol. The molecule has 0 saturated carbocycles. The smallest absolute Gasteiger partial charge is 0.550 e. The van der Waals surface area contributed by atoms with Gasteiger partial charge in [-0.15, -0.1) is 12.4 Å². The van der Waals surface area contributed by atoms with E-state index in [1.807, 2.05) is 6.07 Å². The summed E-state index contributed by atoms with van der Waals surface area (Å²) in [5.41, 5.74) is 0.291. The van der Waals surface area contributed by atoms with Crippen LogP contribution in [0.25, 0.3) is 0 Å². The molecule has 1 aliphatic heterocycles. The summed E-state index contributed by atoms with van der Waals surface area (Å²) in [5, 5.41) is 42.1. The van der Waals surface area contributed by atoms with Crippen molar-refractivity contribution in [3.63, 3.8) is 0 Å². The number of amides is 1. The van der Waals surface area contributed by atoms with E-state index in [1.165, 1.54) is 19.3 Å². The van der Waals surface area contributed by atoms with E-state index in [-0.39, 0.29) is 119 Å². The zero-order chi connectivity index (χ0) is 25.9. The molecule has 1 heterocycles. The molecule has 11 nitrogen and oxygen atoms in total. The van der Waals surface area contributed by atoms with Crippen LogP contribution in [0.3, 0.4) is 0 Å². The van der Waals surface area contributed by atoms with Crippen molar-refractivity contribution in [3.05, 3.63) is 29.3 Å². The maximum absolute atomic E-state index is 12.7. The maximum Gasteiger partial charge on any atom is 1.00 e. The molecule has 1 aromatic rings. The van der Waals surface area contributed by atoms with E-state index < -0.39 is 36.4 Å². The number of aryl methyl sites for hydroxylation is 2. The van der Waals surface area contributed by atoms with E-state index in [0.717, 1.165) is 42.7 Å². The van der Waals surface area contributed by atoms with E-state index in [2.05, 4.69) is 43.1 Å². The number of anilines is 1. The van der Waals surface area contributed by atoms with E-state index in [1.54, 1.807) is 0 Å². The van der Waals surface area contributed by atoms with Gasteiger partial charge in [-0.3, -0.25) is 9.69 Å². The number of aliphatic hydroxyl groups is 1. The van der Waals surface area contributed by atoms with Gasteiger partial charge in [-0.05, 0) is 57.3 Å². The number of hydrogen-bond acceptors (Lipinski definition) is 9. The molecule has 39 heavy (non-hydrogen) atoms. The first kappa shape index (κ1) is 49.0. The van der Waals surface area contributed by atoms with Crippen molar-refractivity contribution in [2.24, 2.45) is 0 Å². The van der Waals surface area contributed by atoms with Crippen LogP contribution in [0.5, 0.6) is 0 Å². The number of hydrogen-bond donors (Lipinski definition) is 2. The molecule has 0 aliphatic carbocycles. The Morgan fingerprint density at radius 3 is 1.90 bits per heavy atom. The molecular formula is C24H36ClN2Na3O9. The van der Waals surface area contributed by atoms with Crippen LogP contribution in [0, 0.1) is 13.8 Å². The Kier molecular flexibility index (Phi) is 31.2. The second kappa shape index (κ2) is 24.8. The van der Waals surface area contributed by atoms with Gasteiger partial charge in [0.1, 0.15) is 5.60 Å². The SMILES string of the molecule is CCCCN1CCCCC1C(=O)Nc1c(C)cccc1C.Cl.O.O=C([O-])CC(O)(CC(=O)[O-])C(=O)[O-].[Na+].[Na+].[Na+]. The van der Waals surface area contributed by atoms with Gasteiger partial charge >= 0.3 is 88.7 Å². The molecule has 206 valence electrons. The van der Waals surface area contributed by atoms with Gasteiger partial charge in [0, 0.05) is 30.5 Å². The summed E-state index contributed by atoms with van der Waals surface area (Å²) < 4.78 is 0. The summed E-state index contributed by atoms with van der Waals surface area (Å²) in [6, 6.07) is 6.19. The van der Waals surface area contributed by atoms with E-state index >= 15 is 0 Å². The molecule has 1 aromatic carbocycles. The number of piperidine rings is 1. The van der Waals surface area contributed by atoms with Crippen LogP contribution < -0.4 is 109 Å². The van der Waals surface area contributed by atoms with Gasteiger partial charge in [0.05, 0.1) is 12.0 Å². The molecule has 0 bridgehead atoms. The summed E-state index contributed by atoms with van der Waals surface area (Å²) in [6.07, 6.45) is 3.01. The maximum atomic E-state index is 12.7. The number of benzene rings is 1. The quantitative estimate of drug-likeness (QED) is 0.244. The number of carboxylic acids is 3. The third-order valence-corrected chi connectivity index (χ3v) is 5.70. The zero-order valence-corrected chi connectivity index (χ0v) is 30.7. The van der Waals surface area contributed by atoms with Crippen LogP contribution >= 0.6 is 12.4 Å². The normalized spacial score (nSPS) is 14.1. The molecule has 0 aromatic heterocycles. The molecular weight excluding hydrogens is 565 g/mol. The summed E-state index contributed by atoms with van der Waals surface area (Å²) in [4.78, 5) is 45.1. The van der Waals surface area contributed by atoms with Crippen molar-refractivity contribution in [1.82, 2.24) is 4.90 Å². The minimum absolute atomic E-state index is 0. The van der Waals surface area contributed by atoms with Crippen molar-refractivity contribution in [2.45, 2.75) is 77.4 Å². The molecule has 0 spiro atoms. The average molecular weight is 601 g/mol. The Morgan fingerprint density at radius 1 is 1.00 bits per heavy atom. The third-order valence-electron chi connectivity index (χ3n) is 5.70. The fourth-order valence-electron chi connectivity index (χ4n) is 3.82. The second-order valence-electron chi connectivity index (χ2n) is 8.57. The number of likely N-dealkylation sites (tertiary alicyclic amines) is 1. The van der Waals surface area contributed by atoms with Crippen LogP contribution in [0.2, 0.25) is 0 Å². The van der Waals surface area contributed by atoms with Gasteiger partial charge in [0.25, 0.3) is 0 Å². The van der Waals surface area contributed by atoms with Gasteiger partial charge in [0.15, 0.2) is 0 Å². The molecule has 1 amide bonds. The number of nitrogens with one attached hydrogen (secondary N) is 1. The van der Waals surface area contributed by atoms with Crippen molar-refractivity contribution in [2.75, 3.05) is 18.4 Å². The van der Waals surface area contributed by atoms with Crippen molar-refractivity contribution < 1.29 is 134 Å². The van der Waals surface area contributed by atoms with Crippen LogP contribution in [0.4, 0.5) is 5.69 Å². The number of carbonyl (C=O) groups is 4. The first-order valence-electron chi connectivity index (χ1n) is 11.4. The van der Waals surface area contributed by atoms with Gasteiger partial charge in [0.2, 0.25) is 5.91 Å². The molecule has 15 heteroatoms. The largest absolute Gasteiger partial charge is 1.00 e. The average Bonchev–Trinajstić information content (AvgIpc) is 2.74. The Morgan fingerprint density at radius 2 is 1.49 bits per heavy atom. The molecule has 1 aliphatic rings. The Hall–Kier alpha value is 0.270. The van der Waals surface area contributed by atoms with Crippen molar-refractivity contribution >= 4 is 41.9 Å². The standard InChI is InChI=1S/C18H28N2O.C6H8O7.ClH.3Na.H2O/c1-4-5-12-20-13-7-6-11-16(20)18(21)19-17-14(2)9-8-10-15(17)3;7-3(8)1-6(13,5(11)12)2-4(9)10;;;;;/h8-10,16H,4-7,11-13H2,1-3H3,(H,19,21);13H,1-2H2,(H,7,8)(H,9,10)(H,11,12);1H;;;;1H2/q;;;3*+1;/p-3. The number of unbranched alkanes of at least 4 members (excludes halogenated alkanes) is 1. The van der Waals surface area contributed by atoms with Gasteiger partial charge in [-0.25, -0.2) is 0 Å². The number of carboxylic acid groups (broad SMARTS) is 3. The fraction of sp³-hybridized carbons (Fsp3) is 0.583. The zero-order valence-electron chi connectivity index (χ0n) is 23.8. The molecule has 1 atom stereocenters. The number of carbonyl (C=O) groups excluding carboxylic acids is 4. The number of halogens is 1. The Bertz CT molecular complexity index is 858. The molecule has 1 unspecified atom stereocenters. The van der Waals surface area contributed by atoms with E-state index in [0.29, 0.717) is 0 Å². The molecule has 2 rings (SSSR count). The topological polar surface area (TPSA) is 204 Å². The fourth-order valence-corrected chi connectivity index (χ4v) is 3.82. The predicted octanol–water partition coefficient (Wildman–Crippen LogP) is -10.7. The minimum atomic E-state index is -2.97. The molecule has 1 fully saturated rings. The van der Waals surface area contributed by atoms with Crippen LogP contribution in [-0.4, -0.2) is 64.0 Å². The third kappa shape index (κ3) is 17.7. The minimum Gasteiger partial charge on any atom is -0.550 e. The summed E-state index contributed by atoms with van der Waals surface area (Å²) >= 11 is 0. The summed E-state index contributed by atoms with van der Waals surface area (Å²) in [7, 11) is 0. The molecule has 4 N–H and O–H groups in total.